The Morgan fingerprint density at radius 3 is 2.91 bits per heavy atom. The number of carbonyl (C=O) groups excluding carboxylic acids is 1. The molecule has 120 valence electrons. The molecule has 6 nitrogen and oxygen atoms in total. The van der Waals surface area contributed by atoms with E-state index in [1.807, 2.05) is 0 Å². The van der Waals surface area contributed by atoms with Gasteiger partial charge in [0.05, 0.1) is 19.1 Å². The van der Waals surface area contributed by atoms with Crippen LogP contribution in [-0.4, -0.2) is 42.4 Å². The largest absolute Gasteiger partial charge is 0.481 e. The van der Waals surface area contributed by atoms with Gasteiger partial charge in [-0.25, -0.2) is 0 Å². The Bertz CT molecular complexity index is 525. The highest BCUT2D eigenvalue weighted by Crippen LogP contribution is 2.17. The lowest BCUT2D eigenvalue weighted by atomic mass is 10.1. The molecular weight excluding hydrogens is 286 g/mol. The third-order valence-electron chi connectivity index (χ3n) is 3.54. The van der Waals surface area contributed by atoms with Gasteiger partial charge in [0.1, 0.15) is 6.10 Å². The van der Waals surface area contributed by atoms with Crippen LogP contribution in [0.1, 0.15) is 25.3 Å². The van der Waals surface area contributed by atoms with Gasteiger partial charge in [-0.2, -0.15) is 0 Å². The molecule has 1 aromatic rings. The Morgan fingerprint density at radius 2 is 2.23 bits per heavy atom. The van der Waals surface area contributed by atoms with Gasteiger partial charge < -0.3 is 19.9 Å². The lowest BCUT2D eigenvalue weighted by Gasteiger charge is -2.17. The Balaban J connectivity index is 1.88. The molecule has 1 saturated heterocycles. The van der Waals surface area contributed by atoms with E-state index in [0.29, 0.717) is 17.9 Å². The molecule has 2 rings (SSSR count). The maximum atomic E-state index is 12.1. The van der Waals surface area contributed by atoms with Gasteiger partial charge in [-0.15, -0.1) is 0 Å². The van der Waals surface area contributed by atoms with Crippen LogP contribution < -0.4 is 5.32 Å². The number of para-hydroxylation sites is 1. The third-order valence-corrected chi connectivity index (χ3v) is 3.54. The molecular formula is C16H21NO5. The molecule has 1 aliphatic heterocycles. The Kier molecular flexibility index (Phi) is 5.91. The summed E-state index contributed by atoms with van der Waals surface area (Å²) in [5.74, 6) is -1.24. The number of ether oxygens (including phenoxy) is 2. The highest BCUT2D eigenvalue weighted by atomic mass is 16.5. The van der Waals surface area contributed by atoms with Crippen LogP contribution in [0.4, 0.5) is 5.69 Å². The molecule has 1 amide bonds. The fraction of sp³-hybridized carbons (Fsp3) is 0.500. The summed E-state index contributed by atoms with van der Waals surface area (Å²) in [5, 5.41) is 11.6. The standard InChI is InChI=1S/C16H21NO5/c1-11(22-10-13-6-4-8-21-13)16(20)17-14-7-3-2-5-12(14)9-15(18)19/h2-3,5,7,11,13H,4,6,8-10H2,1H3,(H,17,20)(H,18,19). The topological polar surface area (TPSA) is 84.9 Å². The molecule has 2 unspecified atom stereocenters. The minimum Gasteiger partial charge on any atom is -0.481 e. The SMILES string of the molecule is CC(OCC1CCCO1)C(=O)Nc1ccccc1CC(=O)O. The van der Waals surface area contributed by atoms with Crippen LogP contribution >= 0.6 is 0 Å². The first-order valence-corrected chi connectivity index (χ1v) is 7.40. The zero-order chi connectivity index (χ0) is 15.9. The molecule has 0 saturated carbocycles. The zero-order valence-corrected chi connectivity index (χ0v) is 12.6. The lowest BCUT2D eigenvalue weighted by molar-refractivity contribution is -0.136. The zero-order valence-electron chi connectivity index (χ0n) is 12.6. The summed E-state index contributed by atoms with van der Waals surface area (Å²) >= 11 is 0. The van der Waals surface area contributed by atoms with Gasteiger partial charge in [0.15, 0.2) is 0 Å². The molecule has 2 atom stereocenters. The van der Waals surface area contributed by atoms with Gasteiger partial charge in [-0.1, -0.05) is 18.2 Å². The van der Waals surface area contributed by atoms with Crippen molar-refractivity contribution in [3.8, 4) is 0 Å². The Morgan fingerprint density at radius 1 is 1.45 bits per heavy atom. The van der Waals surface area contributed by atoms with Crippen LogP contribution in [0.3, 0.4) is 0 Å². The summed E-state index contributed by atoms with van der Waals surface area (Å²) in [6, 6.07) is 6.86. The Hall–Kier alpha value is -1.92. The number of carbonyl (C=O) groups is 2. The van der Waals surface area contributed by atoms with E-state index in [-0.39, 0.29) is 18.4 Å². The van der Waals surface area contributed by atoms with Crippen LogP contribution in [-0.2, 0) is 25.5 Å². The molecule has 6 heteroatoms. The average molecular weight is 307 g/mol. The normalized spacial score (nSPS) is 18.9. The molecule has 0 aliphatic carbocycles. The summed E-state index contributed by atoms with van der Waals surface area (Å²) in [6.45, 7) is 2.81. The minimum absolute atomic E-state index is 0.0644. The molecule has 0 radical (unpaired) electrons. The van der Waals surface area contributed by atoms with Gasteiger partial charge in [0.2, 0.25) is 0 Å². The maximum Gasteiger partial charge on any atom is 0.307 e. The van der Waals surface area contributed by atoms with Gasteiger partial charge >= 0.3 is 5.97 Å². The van der Waals surface area contributed by atoms with Crippen LogP contribution in [0.25, 0.3) is 0 Å². The summed E-state index contributed by atoms with van der Waals surface area (Å²) < 4.78 is 11.0. The van der Waals surface area contributed by atoms with E-state index in [1.165, 1.54) is 0 Å². The van der Waals surface area contributed by atoms with Gasteiger partial charge in [0, 0.05) is 12.3 Å². The number of aliphatic carboxylic acids is 1. The average Bonchev–Trinajstić information content (AvgIpc) is 2.99. The van der Waals surface area contributed by atoms with Crippen molar-refractivity contribution in [1.29, 1.82) is 0 Å². The molecule has 22 heavy (non-hydrogen) atoms. The minimum atomic E-state index is -0.940. The van der Waals surface area contributed by atoms with E-state index >= 15 is 0 Å². The number of benzene rings is 1. The number of carboxylic acids is 1. The van der Waals surface area contributed by atoms with Gasteiger partial charge in [-0.3, -0.25) is 9.59 Å². The maximum absolute atomic E-state index is 12.1. The number of rotatable bonds is 7. The van der Waals surface area contributed by atoms with Crippen LogP contribution in [0.5, 0.6) is 0 Å². The van der Waals surface area contributed by atoms with E-state index in [0.717, 1.165) is 19.4 Å². The second kappa shape index (κ2) is 7.91. The monoisotopic (exact) mass is 307 g/mol. The summed E-state index contributed by atoms with van der Waals surface area (Å²) in [6.07, 6.45) is 1.28. The van der Waals surface area contributed by atoms with E-state index < -0.39 is 12.1 Å². The number of hydrogen-bond donors (Lipinski definition) is 2. The summed E-state index contributed by atoms with van der Waals surface area (Å²) in [4.78, 5) is 23.0. The number of anilines is 1. The molecule has 2 N–H and O–H groups in total. The van der Waals surface area contributed by atoms with Crippen molar-refractivity contribution >= 4 is 17.6 Å². The molecule has 0 aromatic heterocycles. The number of hydrogen-bond acceptors (Lipinski definition) is 4. The first-order chi connectivity index (χ1) is 10.6. The molecule has 0 bridgehead atoms. The molecule has 0 spiro atoms. The predicted octanol–water partition coefficient (Wildman–Crippen LogP) is 1.84. The fourth-order valence-corrected chi connectivity index (χ4v) is 2.30. The van der Waals surface area contributed by atoms with Crippen LogP contribution in [0, 0.1) is 0 Å². The van der Waals surface area contributed by atoms with Crippen molar-refractivity contribution in [2.75, 3.05) is 18.5 Å². The lowest BCUT2D eigenvalue weighted by Crippen LogP contribution is -2.31. The smallest absolute Gasteiger partial charge is 0.307 e. The van der Waals surface area contributed by atoms with Crippen LogP contribution in [0.2, 0.25) is 0 Å². The first-order valence-electron chi connectivity index (χ1n) is 7.40. The first kappa shape index (κ1) is 16.5. The van der Waals surface area contributed by atoms with Crippen LogP contribution in [0.15, 0.2) is 24.3 Å². The van der Waals surface area contributed by atoms with Crippen molar-refractivity contribution in [2.45, 2.75) is 38.4 Å². The number of carboxylic acid groups (broad SMARTS) is 1. The molecule has 1 heterocycles. The molecule has 1 fully saturated rings. The second-order valence-electron chi connectivity index (χ2n) is 5.33. The van der Waals surface area contributed by atoms with Crippen molar-refractivity contribution in [2.24, 2.45) is 0 Å². The fourth-order valence-electron chi connectivity index (χ4n) is 2.30. The predicted molar refractivity (Wildman–Crippen MR) is 80.8 cm³/mol. The van der Waals surface area contributed by atoms with E-state index in [1.54, 1.807) is 31.2 Å². The van der Waals surface area contributed by atoms with Gasteiger partial charge in [0.25, 0.3) is 5.91 Å². The van der Waals surface area contributed by atoms with Gasteiger partial charge in [-0.05, 0) is 31.4 Å². The molecule has 1 aliphatic rings. The quantitative estimate of drug-likeness (QED) is 0.803. The van der Waals surface area contributed by atoms with E-state index in [9.17, 15) is 9.59 Å². The van der Waals surface area contributed by atoms with Crippen molar-refractivity contribution in [3.05, 3.63) is 29.8 Å². The van der Waals surface area contributed by atoms with Crippen molar-refractivity contribution in [3.63, 3.8) is 0 Å². The third kappa shape index (κ3) is 4.82. The van der Waals surface area contributed by atoms with E-state index in [4.69, 9.17) is 14.6 Å². The highest BCUT2D eigenvalue weighted by molar-refractivity contribution is 5.95. The van der Waals surface area contributed by atoms with E-state index in [2.05, 4.69) is 5.32 Å². The van der Waals surface area contributed by atoms with Crippen molar-refractivity contribution < 1.29 is 24.2 Å². The Labute approximate surface area is 129 Å². The second-order valence-corrected chi connectivity index (χ2v) is 5.33. The molecule has 1 aromatic carbocycles. The highest BCUT2D eigenvalue weighted by Gasteiger charge is 2.20. The number of amides is 1. The van der Waals surface area contributed by atoms with Crippen molar-refractivity contribution in [1.82, 2.24) is 0 Å². The summed E-state index contributed by atoms with van der Waals surface area (Å²) in [5.41, 5.74) is 1.07. The summed E-state index contributed by atoms with van der Waals surface area (Å²) in [7, 11) is 0. The number of nitrogens with one attached hydrogen (secondary N) is 1.